The second-order valence-electron chi connectivity index (χ2n) is 1.17. The first-order chi connectivity index (χ1) is 3.93. The Morgan fingerprint density at radius 2 is 2.75 bits per heavy atom. The summed E-state index contributed by atoms with van der Waals surface area (Å²) in [5.74, 6) is 0.563. The molecule has 0 fully saturated rings. The van der Waals surface area contributed by atoms with Crippen molar-refractivity contribution in [2.24, 2.45) is 5.73 Å². The molecule has 0 bridgehead atoms. The van der Waals surface area contributed by atoms with Gasteiger partial charge in [-0.05, 0) is 0 Å². The average molecular weight is 114 g/mol. The van der Waals surface area contributed by atoms with Gasteiger partial charge in [-0.3, -0.25) is 5.73 Å². The number of hydrogen-bond donors (Lipinski definition) is 1. The number of rotatable bonds is 2. The van der Waals surface area contributed by atoms with Crippen LogP contribution >= 0.6 is 0 Å². The van der Waals surface area contributed by atoms with Crippen molar-refractivity contribution in [1.82, 2.24) is 5.16 Å². The molecule has 1 aromatic rings. The van der Waals surface area contributed by atoms with Gasteiger partial charge in [-0.2, -0.15) is 0 Å². The molecule has 1 heterocycles. The fourth-order valence-corrected chi connectivity index (χ4v) is 0.363. The quantitative estimate of drug-likeness (QED) is 0.548. The van der Waals surface area contributed by atoms with E-state index in [1.807, 2.05) is 0 Å². The summed E-state index contributed by atoms with van der Waals surface area (Å²) in [5.41, 5.74) is 5.03. The van der Waals surface area contributed by atoms with E-state index < -0.39 is 0 Å². The number of aromatic nitrogens is 1. The third kappa shape index (κ3) is 0.974. The Morgan fingerprint density at radius 1 is 1.88 bits per heavy atom. The van der Waals surface area contributed by atoms with Gasteiger partial charge in [0.05, 0.1) is 0 Å². The largest absolute Gasteiger partial charge is 0.473 e. The fourth-order valence-electron chi connectivity index (χ4n) is 0.363. The molecule has 0 aromatic carbocycles. The zero-order valence-electron chi connectivity index (χ0n) is 4.20. The maximum atomic E-state index is 5.03. The summed E-state index contributed by atoms with van der Waals surface area (Å²) < 4.78 is 9.20. The van der Waals surface area contributed by atoms with Crippen LogP contribution < -0.4 is 10.5 Å². The fraction of sp³-hybridized carbons (Fsp3) is 0.250. The van der Waals surface area contributed by atoms with Crippen molar-refractivity contribution in [3.05, 3.63) is 12.5 Å². The average Bonchev–Trinajstić information content (AvgIpc) is 2.19. The van der Waals surface area contributed by atoms with Crippen molar-refractivity contribution in [2.45, 2.75) is 0 Å². The van der Waals surface area contributed by atoms with Crippen LogP contribution in [0.4, 0.5) is 0 Å². The van der Waals surface area contributed by atoms with Crippen LogP contribution in [0.3, 0.4) is 0 Å². The summed E-state index contributed by atoms with van der Waals surface area (Å²) in [6.07, 6.45) is 2.83. The molecule has 0 atom stereocenters. The van der Waals surface area contributed by atoms with E-state index in [4.69, 9.17) is 10.5 Å². The van der Waals surface area contributed by atoms with Crippen molar-refractivity contribution in [3.8, 4) is 5.75 Å². The van der Waals surface area contributed by atoms with Crippen molar-refractivity contribution in [3.63, 3.8) is 0 Å². The topological polar surface area (TPSA) is 61.3 Å². The van der Waals surface area contributed by atoms with Crippen LogP contribution in [0.25, 0.3) is 0 Å². The Bertz CT molecular complexity index is 138. The highest BCUT2D eigenvalue weighted by molar-refractivity contribution is 5.07. The number of nitrogens with zero attached hydrogens (tertiary/aromatic N) is 1. The van der Waals surface area contributed by atoms with E-state index >= 15 is 0 Å². The lowest BCUT2D eigenvalue weighted by atomic mass is 10.7. The Morgan fingerprint density at radius 3 is 3.25 bits per heavy atom. The minimum Gasteiger partial charge on any atom is -0.473 e. The smallest absolute Gasteiger partial charge is 0.180 e. The summed E-state index contributed by atoms with van der Waals surface area (Å²) >= 11 is 0. The van der Waals surface area contributed by atoms with Gasteiger partial charge in [0.15, 0.2) is 12.0 Å². The lowest BCUT2D eigenvalue weighted by Gasteiger charge is -1.91. The van der Waals surface area contributed by atoms with Crippen LogP contribution in [0.2, 0.25) is 0 Å². The van der Waals surface area contributed by atoms with Gasteiger partial charge in [0.25, 0.3) is 0 Å². The van der Waals surface area contributed by atoms with E-state index in [2.05, 4.69) is 9.68 Å². The third-order valence-electron chi connectivity index (χ3n) is 0.660. The highest BCUT2D eigenvalue weighted by Crippen LogP contribution is 2.04. The molecular formula is C4H6N2O2. The third-order valence-corrected chi connectivity index (χ3v) is 0.660. The zero-order chi connectivity index (χ0) is 5.82. The summed E-state index contributed by atoms with van der Waals surface area (Å²) in [7, 11) is 0. The molecule has 0 aliphatic rings. The van der Waals surface area contributed by atoms with Crippen molar-refractivity contribution < 1.29 is 9.26 Å². The molecule has 0 amide bonds. The Labute approximate surface area is 46.2 Å². The zero-order valence-corrected chi connectivity index (χ0v) is 4.20. The lowest BCUT2D eigenvalue weighted by molar-refractivity contribution is 0.323. The van der Waals surface area contributed by atoms with Gasteiger partial charge in [-0.15, -0.1) is 0 Å². The number of hydrogen-bond acceptors (Lipinski definition) is 4. The molecular weight excluding hydrogens is 108 g/mol. The van der Waals surface area contributed by atoms with Crippen LogP contribution in [-0.2, 0) is 0 Å². The van der Waals surface area contributed by atoms with Gasteiger partial charge in [0.2, 0.25) is 0 Å². The molecule has 44 valence electrons. The van der Waals surface area contributed by atoms with Crippen LogP contribution in [0.5, 0.6) is 5.75 Å². The molecule has 0 unspecified atom stereocenters. The summed E-state index contributed by atoms with van der Waals surface area (Å²) in [6.45, 7) is 0.154. The first-order valence-electron chi connectivity index (χ1n) is 2.15. The molecule has 4 nitrogen and oxygen atoms in total. The highest BCUT2D eigenvalue weighted by atomic mass is 16.5. The van der Waals surface area contributed by atoms with E-state index in [0.29, 0.717) is 5.75 Å². The first kappa shape index (κ1) is 5.11. The Balaban J connectivity index is 2.50. The molecule has 1 aromatic heterocycles. The highest BCUT2D eigenvalue weighted by Gasteiger charge is 1.89. The maximum absolute atomic E-state index is 5.03. The van der Waals surface area contributed by atoms with E-state index in [1.54, 1.807) is 0 Å². The van der Waals surface area contributed by atoms with Crippen molar-refractivity contribution >= 4 is 0 Å². The van der Waals surface area contributed by atoms with E-state index in [9.17, 15) is 0 Å². The van der Waals surface area contributed by atoms with Gasteiger partial charge in [-0.1, -0.05) is 5.16 Å². The normalized spacial score (nSPS) is 9.12. The standard InChI is InChI=1S/C4H6N2O2/c5-3-7-4-1-6-8-2-4/h1-2H,3,5H2. The molecule has 0 spiro atoms. The van der Waals surface area contributed by atoms with Gasteiger partial charge in [-0.25, -0.2) is 0 Å². The van der Waals surface area contributed by atoms with Crippen LogP contribution in [-0.4, -0.2) is 11.9 Å². The molecule has 8 heavy (non-hydrogen) atoms. The van der Waals surface area contributed by atoms with Gasteiger partial charge in [0.1, 0.15) is 12.9 Å². The van der Waals surface area contributed by atoms with Crippen LogP contribution in [0, 0.1) is 0 Å². The molecule has 0 radical (unpaired) electrons. The van der Waals surface area contributed by atoms with Crippen LogP contribution in [0.15, 0.2) is 17.0 Å². The number of nitrogens with two attached hydrogens (primary N) is 1. The van der Waals surface area contributed by atoms with Gasteiger partial charge < -0.3 is 9.26 Å². The molecule has 0 aliphatic heterocycles. The predicted molar refractivity (Wildman–Crippen MR) is 26.2 cm³/mol. The van der Waals surface area contributed by atoms with E-state index in [0.717, 1.165) is 0 Å². The Kier molecular flexibility index (Phi) is 1.48. The second-order valence-corrected chi connectivity index (χ2v) is 1.17. The number of ether oxygens (including phenoxy) is 1. The predicted octanol–water partition coefficient (Wildman–Crippen LogP) is -0.0304. The van der Waals surface area contributed by atoms with E-state index in [1.165, 1.54) is 12.5 Å². The monoisotopic (exact) mass is 114 g/mol. The SMILES string of the molecule is NCOc1cnoc1. The minimum absolute atomic E-state index is 0.154. The lowest BCUT2D eigenvalue weighted by Crippen LogP contribution is -2.06. The van der Waals surface area contributed by atoms with Crippen molar-refractivity contribution in [2.75, 3.05) is 6.73 Å². The summed E-state index contributed by atoms with van der Waals surface area (Å²) in [5, 5.41) is 3.39. The molecule has 1 rings (SSSR count). The van der Waals surface area contributed by atoms with Gasteiger partial charge >= 0.3 is 0 Å². The van der Waals surface area contributed by atoms with E-state index in [-0.39, 0.29) is 6.73 Å². The summed E-state index contributed by atoms with van der Waals surface area (Å²) in [6, 6.07) is 0. The Hall–Kier alpha value is -1.03. The summed E-state index contributed by atoms with van der Waals surface area (Å²) in [4.78, 5) is 0. The first-order valence-corrected chi connectivity index (χ1v) is 2.15. The molecule has 0 saturated heterocycles. The van der Waals surface area contributed by atoms with Crippen molar-refractivity contribution in [1.29, 1.82) is 0 Å². The molecule has 0 aliphatic carbocycles. The molecule has 0 saturated carbocycles. The molecule has 2 N–H and O–H groups in total. The molecule has 4 heteroatoms. The van der Waals surface area contributed by atoms with Gasteiger partial charge in [0, 0.05) is 0 Å². The second kappa shape index (κ2) is 2.32. The van der Waals surface area contributed by atoms with Crippen LogP contribution in [0.1, 0.15) is 0 Å². The maximum Gasteiger partial charge on any atom is 0.180 e. The minimum atomic E-state index is 0.154.